The molecule has 0 saturated carbocycles. The Bertz CT molecular complexity index is 762. The van der Waals surface area contributed by atoms with E-state index in [1.54, 1.807) is 7.11 Å². The molecule has 0 amide bonds. The average Bonchev–Trinajstić information content (AvgIpc) is 2.89. The number of fused-ring (bicyclic) bond motifs is 1. The van der Waals surface area contributed by atoms with Gasteiger partial charge in [-0.25, -0.2) is 4.98 Å². The maximum absolute atomic E-state index is 5.66. The molecule has 1 aromatic carbocycles. The lowest BCUT2D eigenvalue weighted by Crippen LogP contribution is -1.96. The van der Waals surface area contributed by atoms with Crippen LogP contribution in [-0.2, 0) is 6.54 Å². The van der Waals surface area contributed by atoms with Crippen LogP contribution >= 0.6 is 0 Å². The highest BCUT2D eigenvalue weighted by Gasteiger charge is 2.07. The number of aryl methyl sites for hydroxylation is 1. The van der Waals surface area contributed by atoms with Gasteiger partial charge in [-0.2, -0.15) is 0 Å². The van der Waals surface area contributed by atoms with Crippen molar-refractivity contribution in [3.05, 3.63) is 53.9 Å². The molecule has 102 valence electrons. The number of rotatable bonds is 3. The summed E-state index contributed by atoms with van der Waals surface area (Å²) < 4.78 is 7.29. The number of ether oxygens (including phenoxy) is 1. The minimum absolute atomic E-state index is 0.528. The van der Waals surface area contributed by atoms with Gasteiger partial charge in [0.25, 0.3) is 0 Å². The second-order valence-electron chi connectivity index (χ2n) is 4.82. The number of hydrogen-bond donors (Lipinski definition) is 1. The van der Waals surface area contributed by atoms with Crippen LogP contribution in [0.15, 0.2) is 42.7 Å². The molecule has 2 heterocycles. The summed E-state index contributed by atoms with van der Waals surface area (Å²) in [5.74, 6) is 0.892. The van der Waals surface area contributed by atoms with Crippen molar-refractivity contribution in [1.82, 2.24) is 9.38 Å². The first kappa shape index (κ1) is 12.7. The highest BCUT2D eigenvalue weighted by molar-refractivity contribution is 5.65. The number of pyridine rings is 1. The quantitative estimate of drug-likeness (QED) is 0.794. The topological polar surface area (TPSA) is 52.5 Å². The smallest absolute Gasteiger partial charge is 0.137 e. The second-order valence-corrected chi connectivity index (χ2v) is 4.82. The molecule has 0 bridgehead atoms. The molecular formula is C16H17N3O. The number of nitrogens with two attached hydrogens (primary N) is 1. The number of imidazole rings is 1. The average molecular weight is 267 g/mol. The third kappa shape index (κ3) is 2.14. The van der Waals surface area contributed by atoms with E-state index in [1.165, 1.54) is 0 Å². The zero-order valence-corrected chi connectivity index (χ0v) is 11.6. The predicted molar refractivity (Wildman–Crippen MR) is 79.8 cm³/mol. The largest absolute Gasteiger partial charge is 0.496 e. The van der Waals surface area contributed by atoms with Crippen LogP contribution in [0.3, 0.4) is 0 Å². The molecule has 2 N–H and O–H groups in total. The molecule has 0 spiro atoms. The Morgan fingerprint density at radius 2 is 2.10 bits per heavy atom. The Morgan fingerprint density at radius 1 is 1.25 bits per heavy atom. The first-order valence-corrected chi connectivity index (χ1v) is 6.54. The van der Waals surface area contributed by atoms with Gasteiger partial charge < -0.3 is 14.9 Å². The highest BCUT2D eigenvalue weighted by atomic mass is 16.5. The molecule has 0 atom stereocenters. The fourth-order valence-corrected chi connectivity index (χ4v) is 2.33. The van der Waals surface area contributed by atoms with Crippen molar-refractivity contribution in [2.45, 2.75) is 13.5 Å². The van der Waals surface area contributed by atoms with Gasteiger partial charge in [0.2, 0.25) is 0 Å². The number of benzene rings is 1. The third-order valence-corrected chi connectivity index (χ3v) is 3.45. The molecule has 0 fully saturated rings. The van der Waals surface area contributed by atoms with E-state index in [1.807, 2.05) is 48.0 Å². The fourth-order valence-electron chi connectivity index (χ4n) is 2.33. The molecule has 4 heteroatoms. The van der Waals surface area contributed by atoms with E-state index in [4.69, 9.17) is 10.5 Å². The minimum atomic E-state index is 0.528. The maximum atomic E-state index is 5.66. The van der Waals surface area contributed by atoms with Crippen LogP contribution in [0.2, 0.25) is 0 Å². The van der Waals surface area contributed by atoms with Gasteiger partial charge in [0.05, 0.1) is 12.8 Å². The van der Waals surface area contributed by atoms with E-state index < -0.39 is 0 Å². The zero-order valence-electron chi connectivity index (χ0n) is 11.6. The van der Waals surface area contributed by atoms with E-state index in [0.717, 1.165) is 33.8 Å². The Morgan fingerprint density at radius 3 is 2.80 bits per heavy atom. The van der Waals surface area contributed by atoms with Crippen LogP contribution in [0.1, 0.15) is 11.1 Å². The van der Waals surface area contributed by atoms with Crippen LogP contribution in [0, 0.1) is 6.92 Å². The molecule has 0 radical (unpaired) electrons. The van der Waals surface area contributed by atoms with E-state index >= 15 is 0 Å². The van der Waals surface area contributed by atoms with E-state index in [-0.39, 0.29) is 0 Å². The third-order valence-electron chi connectivity index (χ3n) is 3.45. The van der Waals surface area contributed by atoms with Gasteiger partial charge in [0.1, 0.15) is 11.4 Å². The van der Waals surface area contributed by atoms with Gasteiger partial charge in [0, 0.05) is 24.5 Å². The van der Waals surface area contributed by atoms with Crippen LogP contribution in [0.25, 0.3) is 16.9 Å². The Hall–Kier alpha value is -2.33. The highest BCUT2D eigenvalue weighted by Crippen LogP contribution is 2.25. The van der Waals surface area contributed by atoms with Gasteiger partial charge in [-0.05, 0) is 48.4 Å². The summed E-state index contributed by atoms with van der Waals surface area (Å²) in [6.45, 7) is 2.56. The number of nitrogens with zero attached hydrogens (tertiary/aromatic N) is 2. The Labute approximate surface area is 117 Å². The SMILES string of the molecule is COc1ccc(-c2cn3ccc(CN)cc3n2)cc1C. The van der Waals surface area contributed by atoms with Crippen LogP contribution in [0.5, 0.6) is 5.75 Å². The molecule has 3 rings (SSSR count). The second kappa shape index (κ2) is 4.98. The summed E-state index contributed by atoms with van der Waals surface area (Å²) in [6.07, 6.45) is 4.02. The lowest BCUT2D eigenvalue weighted by atomic mass is 10.1. The Kier molecular flexibility index (Phi) is 3.16. The van der Waals surface area contributed by atoms with Crippen molar-refractivity contribution in [3.63, 3.8) is 0 Å². The molecule has 20 heavy (non-hydrogen) atoms. The molecule has 4 nitrogen and oxygen atoms in total. The van der Waals surface area contributed by atoms with Crippen LogP contribution in [-0.4, -0.2) is 16.5 Å². The standard InChI is InChI=1S/C16H17N3O/c1-11-7-13(3-4-15(11)20-2)14-10-19-6-5-12(9-17)8-16(19)18-14/h3-8,10H,9,17H2,1-2H3. The van der Waals surface area contributed by atoms with E-state index in [0.29, 0.717) is 6.54 Å². The first-order valence-electron chi connectivity index (χ1n) is 6.54. The van der Waals surface area contributed by atoms with Gasteiger partial charge in [-0.1, -0.05) is 0 Å². The number of aromatic nitrogens is 2. The molecular weight excluding hydrogens is 250 g/mol. The summed E-state index contributed by atoms with van der Waals surface area (Å²) in [5, 5.41) is 0. The summed E-state index contributed by atoms with van der Waals surface area (Å²) in [5.41, 5.74) is 10.8. The number of methoxy groups -OCH3 is 1. The lowest BCUT2D eigenvalue weighted by molar-refractivity contribution is 0.412. The van der Waals surface area contributed by atoms with Gasteiger partial charge in [-0.3, -0.25) is 0 Å². The van der Waals surface area contributed by atoms with Crippen molar-refractivity contribution >= 4 is 5.65 Å². The van der Waals surface area contributed by atoms with Crippen LogP contribution < -0.4 is 10.5 Å². The molecule has 2 aromatic heterocycles. The zero-order chi connectivity index (χ0) is 14.1. The van der Waals surface area contributed by atoms with E-state index in [9.17, 15) is 0 Å². The lowest BCUT2D eigenvalue weighted by Gasteiger charge is -2.05. The monoisotopic (exact) mass is 267 g/mol. The molecule has 0 saturated heterocycles. The molecule has 0 aliphatic heterocycles. The summed E-state index contributed by atoms with van der Waals surface area (Å²) >= 11 is 0. The first-order chi connectivity index (χ1) is 9.71. The summed E-state index contributed by atoms with van der Waals surface area (Å²) in [4.78, 5) is 4.65. The Balaban J connectivity index is 2.07. The fraction of sp³-hybridized carbons (Fsp3) is 0.188. The molecule has 3 aromatic rings. The van der Waals surface area contributed by atoms with Crippen molar-refractivity contribution < 1.29 is 4.74 Å². The molecule has 0 aliphatic carbocycles. The summed E-state index contributed by atoms with van der Waals surface area (Å²) in [6, 6.07) is 10.1. The number of hydrogen-bond acceptors (Lipinski definition) is 3. The van der Waals surface area contributed by atoms with Gasteiger partial charge >= 0.3 is 0 Å². The molecule has 0 unspecified atom stereocenters. The minimum Gasteiger partial charge on any atom is -0.496 e. The van der Waals surface area contributed by atoms with Gasteiger partial charge in [-0.15, -0.1) is 0 Å². The predicted octanol–water partition coefficient (Wildman–Crippen LogP) is 2.78. The van der Waals surface area contributed by atoms with Gasteiger partial charge in [0.15, 0.2) is 0 Å². The van der Waals surface area contributed by atoms with E-state index in [2.05, 4.69) is 11.1 Å². The van der Waals surface area contributed by atoms with Crippen molar-refractivity contribution in [1.29, 1.82) is 0 Å². The van der Waals surface area contributed by atoms with Crippen molar-refractivity contribution in [2.24, 2.45) is 5.73 Å². The van der Waals surface area contributed by atoms with Crippen molar-refractivity contribution in [2.75, 3.05) is 7.11 Å². The van der Waals surface area contributed by atoms with Crippen LogP contribution in [0.4, 0.5) is 0 Å². The molecule has 0 aliphatic rings. The maximum Gasteiger partial charge on any atom is 0.137 e. The normalized spacial score (nSPS) is 10.9. The summed E-state index contributed by atoms with van der Waals surface area (Å²) in [7, 11) is 1.68. The van der Waals surface area contributed by atoms with Crippen molar-refractivity contribution in [3.8, 4) is 17.0 Å².